The van der Waals surface area contributed by atoms with Crippen molar-refractivity contribution in [3.63, 3.8) is 0 Å². The summed E-state index contributed by atoms with van der Waals surface area (Å²) in [5.74, 6) is 0.679. The lowest BCUT2D eigenvalue weighted by atomic mass is 10.1. The van der Waals surface area contributed by atoms with Crippen molar-refractivity contribution in [3.8, 4) is 5.75 Å². The SMILES string of the molecule is CC(C)CN(CC(C)C)C(=O)COc1ccccc1[N+](=O)[O-]. The lowest BCUT2D eigenvalue weighted by molar-refractivity contribution is -0.385. The Hall–Kier alpha value is -2.11. The van der Waals surface area contributed by atoms with E-state index >= 15 is 0 Å². The Morgan fingerprint density at radius 1 is 1.18 bits per heavy atom. The van der Waals surface area contributed by atoms with Gasteiger partial charge in [0.05, 0.1) is 4.92 Å². The molecule has 122 valence electrons. The fraction of sp³-hybridized carbons (Fsp3) is 0.562. The highest BCUT2D eigenvalue weighted by Gasteiger charge is 2.19. The van der Waals surface area contributed by atoms with E-state index in [0.717, 1.165) is 0 Å². The minimum atomic E-state index is -0.514. The van der Waals surface area contributed by atoms with Crippen LogP contribution in [0.3, 0.4) is 0 Å². The molecule has 0 atom stereocenters. The number of hydrogen-bond donors (Lipinski definition) is 0. The molecule has 0 N–H and O–H groups in total. The molecule has 0 saturated heterocycles. The summed E-state index contributed by atoms with van der Waals surface area (Å²) < 4.78 is 5.37. The molecule has 0 fully saturated rings. The average molecular weight is 308 g/mol. The molecular weight excluding hydrogens is 284 g/mol. The van der Waals surface area contributed by atoms with Gasteiger partial charge in [-0.2, -0.15) is 0 Å². The molecule has 0 unspecified atom stereocenters. The molecule has 6 nitrogen and oxygen atoms in total. The number of amides is 1. The van der Waals surface area contributed by atoms with E-state index in [1.165, 1.54) is 12.1 Å². The van der Waals surface area contributed by atoms with Crippen LogP contribution < -0.4 is 4.74 Å². The van der Waals surface area contributed by atoms with Crippen LogP contribution in [0.2, 0.25) is 0 Å². The van der Waals surface area contributed by atoms with Crippen molar-refractivity contribution in [1.29, 1.82) is 0 Å². The second kappa shape index (κ2) is 8.36. The lowest BCUT2D eigenvalue weighted by Gasteiger charge is -2.26. The highest BCUT2D eigenvalue weighted by molar-refractivity contribution is 5.78. The van der Waals surface area contributed by atoms with Crippen LogP contribution in [0.1, 0.15) is 27.7 Å². The van der Waals surface area contributed by atoms with Crippen LogP contribution in [0, 0.1) is 22.0 Å². The van der Waals surface area contributed by atoms with E-state index in [2.05, 4.69) is 0 Å². The molecule has 0 radical (unpaired) electrons. The summed E-state index contributed by atoms with van der Waals surface area (Å²) in [6.45, 7) is 9.29. The quantitative estimate of drug-likeness (QED) is 0.546. The average Bonchev–Trinajstić information content (AvgIpc) is 2.43. The maximum Gasteiger partial charge on any atom is 0.310 e. The summed E-state index contributed by atoms with van der Waals surface area (Å²) in [6.07, 6.45) is 0. The number of nitrogens with zero attached hydrogens (tertiary/aromatic N) is 2. The summed E-state index contributed by atoms with van der Waals surface area (Å²) in [7, 11) is 0. The van der Waals surface area contributed by atoms with Crippen molar-refractivity contribution in [2.45, 2.75) is 27.7 Å². The first-order valence-corrected chi connectivity index (χ1v) is 7.45. The Morgan fingerprint density at radius 3 is 2.23 bits per heavy atom. The topological polar surface area (TPSA) is 72.7 Å². The zero-order valence-corrected chi connectivity index (χ0v) is 13.6. The minimum absolute atomic E-state index is 0.120. The van der Waals surface area contributed by atoms with E-state index in [-0.39, 0.29) is 24.0 Å². The second-order valence-electron chi connectivity index (χ2n) is 6.10. The molecule has 0 aliphatic carbocycles. The third kappa shape index (κ3) is 5.71. The molecule has 0 aliphatic rings. The van der Waals surface area contributed by atoms with E-state index in [0.29, 0.717) is 24.9 Å². The summed E-state index contributed by atoms with van der Waals surface area (Å²) >= 11 is 0. The number of rotatable bonds is 8. The number of para-hydroxylation sites is 2. The first-order chi connectivity index (χ1) is 10.3. The van der Waals surface area contributed by atoms with Gasteiger partial charge in [-0.15, -0.1) is 0 Å². The second-order valence-corrected chi connectivity index (χ2v) is 6.10. The zero-order valence-electron chi connectivity index (χ0n) is 13.6. The van der Waals surface area contributed by atoms with Gasteiger partial charge in [-0.05, 0) is 17.9 Å². The van der Waals surface area contributed by atoms with Gasteiger partial charge in [0.1, 0.15) is 0 Å². The number of benzene rings is 1. The van der Waals surface area contributed by atoms with Gasteiger partial charge in [-0.1, -0.05) is 39.8 Å². The number of hydrogen-bond acceptors (Lipinski definition) is 4. The molecule has 0 aromatic heterocycles. The monoisotopic (exact) mass is 308 g/mol. The van der Waals surface area contributed by atoms with Crippen LogP contribution in [0.5, 0.6) is 5.75 Å². The Bertz CT molecular complexity index is 505. The largest absolute Gasteiger partial charge is 0.477 e. The number of ether oxygens (including phenoxy) is 1. The van der Waals surface area contributed by atoms with Crippen molar-refractivity contribution < 1.29 is 14.5 Å². The fourth-order valence-electron chi connectivity index (χ4n) is 2.12. The summed E-state index contributed by atoms with van der Waals surface area (Å²) in [5, 5.41) is 10.9. The molecule has 1 aromatic rings. The van der Waals surface area contributed by atoms with E-state index < -0.39 is 4.92 Å². The lowest BCUT2D eigenvalue weighted by Crippen LogP contribution is -2.39. The van der Waals surface area contributed by atoms with Gasteiger partial charge >= 0.3 is 5.69 Å². The molecular formula is C16H24N2O4. The molecule has 0 heterocycles. The molecule has 6 heteroatoms. The highest BCUT2D eigenvalue weighted by atomic mass is 16.6. The van der Waals surface area contributed by atoms with Crippen LogP contribution in [-0.2, 0) is 4.79 Å². The van der Waals surface area contributed by atoms with Gasteiger partial charge in [0, 0.05) is 19.2 Å². The van der Waals surface area contributed by atoms with Crippen LogP contribution in [0.25, 0.3) is 0 Å². The van der Waals surface area contributed by atoms with Crippen LogP contribution in [0.4, 0.5) is 5.69 Å². The predicted octanol–water partition coefficient (Wildman–Crippen LogP) is 3.11. The molecule has 0 aliphatic heterocycles. The molecule has 22 heavy (non-hydrogen) atoms. The first-order valence-electron chi connectivity index (χ1n) is 7.45. The Balaban J connectivity index is 2.72. The number of carbonyl (C=O) groups excluding carboxylic acids is 1. The molecule has 0 saturated carbocycles. The molecule has 1 aromatic carbocycles. The third-order valence-corrected chi connectivity index (χ3v) is 2.94. The normalized spacial score (nSPS) is 10.8. The molecule has 0 spiro atoms. The third-order valence-electron chi connectivity index (χ3n) is 2.94. The zero-order chi connectivity index (χ0) is 16.7. The van der Waals surface area contributed by atoms with Gasteiger partial charge in [-0.3, -0.25) is 14.9 Å². The van der Waals surface area contributed by atoms with Gasteiger partial charge in [-0.25, -0.2) is 0 Å². The standard InChI is InChI=1S/C16H24N2O4/c1-12(2)9-17(10-13(3)4)16(19)11-22-15-8-6-5-7-14(15)18(20)21/h5-8,12-13H,9-11H2,1-4H3. The molecule has 1 amide bonds. The van der Waals surface area contributed by atoms with Crippen molar-refractivity contribution >= 4 is 11.6 Å². The Labute approximate surface area is 131 Å². The van der Waals surface area contributed by atoms with Crippen LogP contribution in [-0.4, -0.2) is 35.4 Å². The van der Waals surface area contributed by atoms with Crippen molar-refractivity contribution in [1.82, 2.24) is 4.90 Å². The van der Waals surface area contributed by atoms with Crippen molar-refractivity contribution in [2.75, 3.05) is 19.7 Å². The Morgan fingerprint density at radius 2 is 1.73 bits per heavy atom. The van der Waals surface area contributed by atoms with Gasteiger partial charge < -0.3 is 9.64 Å². The Kier molecular flexibility index (Phi) is 6.82. The van der Waals surface area contributed by atoms with Crippen LogP contribution >= 0.6 is 0 Å². The van der Waals surface area contributed by atoms with E-state index in [1.807, 2.05) is 27.7 Å². The summed E-state index contributed by atoms with van der Waals surface area (Å²) in [6, 6.07) is 6.07. The first kappa shape index (κ1) is 17.9. The smallest absolute Gasteiger partial charge is 0.310 e. The molecule has 0 bridgehead atoms. The molecule has 1 rings (SSSR count). The summed E-state index contributed by atoms with van der Waals surface area (Å²) in [4.78, 5) is 24.5. The van der Waals surface area contributed by atoms with E-state index in [1.54, 1.807) is 17.0 Å². The predicted molar refractivity (Wildman–Crippen MR) is 84.8 cm³/mol. The van der Waals surface area contributed by atoms with Crippen LogP contribution in [0.15, 0.2) is 24.3 Å². The number of nitro benzene ring substituents is 1. The van der Waals surface area contributed by atoms with Crippen molar-refractivity contribution in [2.24, 2.45) is 11.8 Å². The fourth-order valence-corrected chi connectivity index (χ4v) is 2.12. The van der Waals surface area contributed by atoms with E-state index in [4.69, 9.17) is 4.74 Å². The maximum atomic E-state index is 12.3. The van der Waals surface area contributed by atoms with Gasteiger partial charge in [0.15, 0.2) is 12.4 Å². The van der Waals surface area contributed by atoms with E-state index in [9.17, 15) is 14.9 Å². The van der Waals surface area contributed by atoms with Gasteiger partial charge in [0.25, 0.3) is 5.91 Å². The van der Waals surface area contributed by atoms with Crippen molar-refractivity contribution in [3.05, 3.63) is 34.4 Å². The summed E-state index contributed by atoms with van der Waals surface area (Å²) in [5.41, 5.74) is -0.130. The maximum absolute atomic E-state index is 12.3. The van der Waals surface area contributed by atoms with Gasteiger partial charge in [0.2, 0.25) is 0 Å². The number of carbonyl (C=O) groups is 1. The minimum Gasteiger partial charge on any atom is -0.477 e. The highest BCUT2D eigenvalue weighted by Crippen LogP contribution is 2.25. The number of nitro groups is 1.